The van der Waals surface area contributed by atoms with Crippen LogP contribution >= 0.6 is 0 Å². The minimum absolute atomic E-state index is 0.193. The minimum Gasteiger partial charge on any atom is -0.339 e. The van der Waals surface area contributed by atoms with Crippen LogP contribution in [0.2, 0.25) is 0 Å². The van der Waals surface area contributed by atoms with Gasteiger partial charge in [-0.15, -0.1) is 0 Å². The predicted molar refractivity (Wildman–Crippen MR) is 151 cm³/mol. The van der Waals surface area contributed by atoms with Crippen LogP contribution in [-0.2, 0) is 24.2 Å². The fourth-order valence-corrected chi connectivity index (χ4v) is 5.89. The molecule has 8 nitrogen and oxygen atoms in total. The molecular weight excluding hydrogens is 493 g/mol. The number of aryl methyl sites for hydroxylation is 1. The summed E-state index contributed by atoms with van der Waals surface area (Å²) < 4.78 is 14.0. The van der Waals surface area contributed by atoms with Crippen LogP contribution in [0.25, 0.3) is 33.5 Å². The maximum Gasteiger partial charge on any atom is 0.240 e. The first-order valence-electron chi connectivity index (χ1n) is 13.8. The number of carbonyl (C=O) groups excluding carboxylic acids is 1. The van der Waals surface area contributed by atoms with Crippen molar-refractivity contribution in [2.24, 2.45) is 0 Å². The number of nitrogens with one attached hydrogen (secondary N) is 2. The topological polar surface area (TPSA) is 84.2 Å². The van der Waals surface area contributed by atoms with Crippen molar-refractivity contribution in [1.29, 1.82) is 0 Å². The second kappa shape index (κ2) is 9.88. The van der Waals surface area contributed by atoms with E-state index in [9.17, 15) is 9.18 Å². The molecule has 2 N–H and O–H groups in total. The smallest absolute Gasteiger partial charge is 0.240 e. The van der Waals surface area contributed by atoms with Gasteiger partial charge in [0.25, 0.3) is 0 Å². The predicted octanol–water partition coefficient (Wildman–Crippen LogP) is 4.23. The normalized spacial score (nSPS) is 18.3. The molecule has 4 heterocycles. The number of nitrogens with zero attached hydrogens (tertiary/aromatic N) is 5. The third kappa shape index (κ3) is 4.53. The molecule has 2 aromatic heterocycles. The summed E-state index contributed by atoms with van der Waals surface area (Å²) >= 11 is 0. The number of amides is 1. The number of carbonyl (C=O) groups is 1. The van der Waals surface area contributed by atoms with E-state index in [2.05, 4.69) is 59.8 Å². The molecule has 0 bridgehead atoms. The zero-order chi connectivity index (χ0) is 27.4. The number of imidazole rings is 1. The van der Waals surface area contributed by atoms with Crippen LogP contribution < -0.4 is 0 Å². The van der Waals surface area contributed by atoms with Crippen molar-refractivity contribution >= 4 is 16.8 Å². The quantitative estimate of drug-likeness (QED) is 0.391. The van der Waals surface area contributed by atoms with E-state index in [1.807, 2.05) is 29.2 Å². The molecule has 1 amide bonds. The van der Waals surface area contributed by atoms with Crippen molar-refractivity contribution in [3.63, 3.8) is 0 Å². The standard InChI is InChI=1S/C30H36FN7O/c1-6-18-7-9-20(31)12-23(18)19-8-10-22-24(11-19)34-35-28(22)29-32-25-13-27(38(17(2)3)16-26(25)33-29)30(39)37-14-21(15-37)36(4)5/h7-12,17,21,27H,6,13-16H2,1-5H3,(H,32,33)(H,34,35)/t27-/m0/s1. The van der Waals surface area contributed by atoms with Crippen molar-refractivity contribution in [3.8, 4) is 22.6 Å². The molecule has 1 saturated heterocycles. The average Bonchev–Trinajstić information content (AvgIpc) is 3.49. The lowest BCUT2D eigenvalue weighted by Gasteiger charge is -2.46. The monoisotopic (exact) mass is 529 g/mol. The van der Waals surface area contributed by atoms with Gasteiger partial charge < -0.3 is 14.8 Å². The van der Waals surface area contributed by atoms with Crippen LogP contribution in [0, 0.1) is 5.82 Å². The zero-order valence-corrected chi connectivity index (χ0v) is 23.3. The van der Waals surface area contributed by atoms with Gasteiger partial charge in [-0.1, -0.05) is 19.1 Å². The lowest BCUT2D eigenvalue weighted by atomic mass is 9.97. The van der Waals surface area contributed by atoms with Crippen LogP contribution in [0.4, 0.5) is 4.39 Å². The van der Waals surface area contributed by atoms with Gasteiger partial charge >= 0.3 is 0 Å². The molecule has 0 saturated carbocycles. The summed E-state index contributed by atoms with van der Waals surface area (Å²) in [6.07, 6.45) is 1.41. The third-order valence-electron chi connectivity index (χ3n) is 8.40. The molecular formula is C30H36FN7O. The number of hydrogen-bond acceptors (Lipinski definition) is 5. The Bertz CT molecular complexity index is 1530. The van der Waals surface area contributed by atoms with Gasteiger partial charge in [-0.25, -0.2) is 9.37 Å². The summed E-state index contributed by atoms with van der Waals surface area (Å²) in [7, 11) is 4.13. The second-order valence-electron chi connectivity index (χ2n) is 11.3. The number of aromatic nitrogens is 4. The number of H-pyrrole nitrogens is 2. The largest absolute Gasteiger partial charge is 0.339 e. The van der Waals surface area contributed by atoms with Gasteiger partial charge in [-0.05, 0) is 75.3 Å². The number of aromatic amines is 2. The maximum atomic E-state index is 14.0. The first kappa shape index (κ1) is 25.7. The van der Waals surface area contributed by atoms with E-state index in [4.69, 9.17) is 4.98 Å². The molecule has 0 unspecified atom stereocenters. The van der Waals surface area contributed by atoms with Crippen LogP contribution in [0.3, 0.4) is 0 Å². The van der Waals surface area contributed by atoms with Crippen LogP contribution in [0.1, 0.15) is 37.7 Å². The first-order chi connectivity index (χ1) is 18.7. The number of halogens is 1. The molecule has 2 aromatic carbocycles. The molecule has 0 radical (unpaired) electrons. The van der Waals surface area contributed by atoms with E-state index in [1.165, 1.54) is 6.07 Å². The van der Waals surface area contributed by atoms with Gasteiger partial charge in [0.2, 0.25) is 5.91 Å². The Morgan fingerprint density at radius 2 is 1.97 bits per heavy atom. The highest BCUT2D eigenvalue weighted by atomic mass is 19.1. The Morgan fingerprint density at radius 3 is 2.69 bits per heavy atom. The lowest BCUT2D eigenvalue weighted by molar-refractivity contribution is -0.145. The summed E-state index contributed by atoms with van der Waals surface area (Å²) in [5.74, 6) is 0.651. The SMILES string of the molecule is CCc1ccc(F)cc1-c1ccc2c(-c3nc4c([nH]3)CN(C(C)C)[C@H](C(=O)N3CC(N(C)C)C3)C4)n[nH]c2c1. The molecule has 9 heteroatoms. The van der Waals surface area contributed by atoms with Crippen molar-refractivity contribution in [3.05, 3.63) is 59.2 Å². The molecule has 0 aliphatic carbocycles. The summed E-state index contributed by atoms with van der Waals surface area (Å²) in [4.78, 5) is 28.4. The molecule has 4 aromatic rings. The van der Waals surface area contributed by atoms with E-state index >= 15 is 0 Å². The number of fused-ring (bicyclic) bond motifs is 2. The van der Waals surface area contributed by atoms with Crippen LogP contribution in [-0.4, -0.2) is 86.1 Å². The molecule has 0 spiro atoms. The van der Waals surface area contributed by atoms with E-state index in [0.29, 0.717) is 24.8 Å². The van der Waals surface area contributed by atoms with Gasteiger partial charge in [0.15, 0.2) is 5.82 Å². The van der Waals surface area contributed by atoms with Crippen molar-refractivity contribution in [2.75, 3.05) is 27.2 Å². The van der Waals surface area contributed by atoms with E-state index < -0.39 is 0 Å². The lowest BCUT2D eigenvalue weighted by Crippen LogP contribution is -2.64. The van der Waals surface area contributed by atoms with Crippen LogP contribution in [0.5, 0.6) is 0 Å². The Hall–Kier alpha value is -3.56. The summed E-state index contributed by atoms with van der Waals surface area (Å²) in [6.45, 7) is 8.57. The number of likely N-dealkylation sites (tertiary alicyclic amines) is 1. The first-order valence-corrected chi connectivity index (χ1v) is 13.8. The highest BCUT2D eigenvalue weighted by molar-refractivity contribution is 5.94. The zero-order valence-electron chi connectivity index (χ0n) is 23.3. The van der Waals surface area contributed by atoms with Crippen molar-refractivity contribution in [2.45, 2.75) is 58.3 Å². The van der Waals surface area contributed by atoms with Crippen LogP contribution in [0.15, 0.2) is 36.4 Å². The number of rotatable bonds is 6. The van der Waals surface area contributed by atoms with Gasteiger partial charge in [0.1, 0.15) is 11.5 Å². The fraction of sp³-hybridized carbons (Fsp3) is 0.433. The molecule has 204 valence electrons. The Morgan fingerprint density at radius 1 is 1.18 bits per heavy atom. The van der Waals surface area contributed by atoms with Gasteiger partial charge in [0, 0.05) is 43.5 Å². The molecule has 39 heavy (non-hydrogen) atoms. The van der Waals surface area contributed by atoms with Gasteiger partial charge in [0.05, 0.1) is 22.9 Å². The van der Waals surface area contributed by atoms with Gasteiger partial charge in [-0.2, -0.15) is 5.10 Å². The summed E-state index contributed by atoms with van der Waals surface area (Å²) in [5.41, 5.74) is 6.53. The molecule has 2 aliphatic rings. The highest BCUT2D eigenvalue weighted by Gasteiger charge is 2.41. The maximum absolute atomic E-state index is 14.0. The van der Waals surface area contributed by atoms with Crippen molar-refractivity contribution < 1.29 is 9.18 Å². The Labute approximate surface area is 228 Å². The van der Waals surface area contributed by atoms with E-state index in [0.717, 1.165) is 64.2 Å². The van der Waals surface area contributed by atoms with Crippen molar-refractivity contribution in [1.82, 2.24) is 34.9 Å². The average molecular weight is 530 g/mol. The van der Waals surface area contributed by atoms with E-state index in [1.54, 1.807) is 6.07 Å². The molecule has 2 aliphatic heterocycles. The fourth-order valence-electron chi connectivity index (χ4n) is 5.89. The summed E-state index contributed by atoms with van der Waals surface area (Å²) in [5, 5.41) is 8.70. The molecule has 6 rings (SSSR count). The summed E-state index contributed by atoms with van der Waals surface area (Å²) in [6, 6.07) is 11.5. The Kier molecular flexibility index (Phi) is 6.51. The number of likely N-dealkylation sites (N-methyl/N-ethyl adjacent to an activating group) is 1. The number of benzene rings is 2. The number of hydrogen-bond donors (Lipinski definition) is 2. The van der Waals surface area contributed by atoms with Gasteiger partial charge in [-0.3, -0.25) is 14.8 Å². The second-order valence-corrected chi connectivity index (χ2v) is 11.3. The third-order valence-corrected chi connectivity index (χ3v) is 8.40. The molecule has 1 fully saturated rings. The van der Waals surface area contributed by atoms with E-state index in [-0.39, 0.29) is 23.8 Å². The Balaban J connectivity index is 1.29. The molecule has 1 atom stereocenters. The highest BCUT2D eigenvalue weighted by Crippen LogP contribution is 2.33. The minimum atomic E-state index is -0.243.